The van der Waals surface area contributed by atoms with Gasteiger partial charge in [0.25, 0.3) is 10.9 Å². The maximum absolute atomic E-state index is 10.8. The van der Waals surface area contributed by atoms with Gasteiger partial charge in [-0.25, -0.2) is 4.98 Å². The molecule has 2 aromatic carbocycles. The van der Waals surface area contributed by atoms with Crippen molar-refractivity contribution in [3.05, 3.63) is 64.7 Å². The highest BCUT2D eigenvalue weighted by molar-refractivity contribution is 7.99. The van der Waals surface area contributed by atoms with Crippen LogP contribution in [0.5, 0.6) is 0 Å². The topological polar surface area (TPSA) is 106 Å². The molecule has 0 saturated carbocycles. The minimum Gasteiger partial charge on any atom is -0.481 e. The largest absolute Gasteiger partial charge is 0.481 e. The zero-order chi connectivity index (χ0) is 17.8. The van der Waals surface area contributed by atoms with Gasteiger partial charge >= 0.3 is 5.97 Å². The molecule has 126 valence electrons. The van der Waals surface area contributed by atoms with Crippen LogP contribution in [-0.4, -0.2) is 26.7 Å². The van der Waals surface area contributed by atoms with Gasteiger partial charge in [0, 0.05) is 23.3 Å². The lowest BCUT2D eigenvalue weighted by atomic mass is 10.1. The van der Waals surface area contributed by atoms with Gasteiger partial charge in [-0.3, -0.25) is 14.9 Å². The van der Waals surface area contributed by atoms with Crippen LogP contribution in [0.1, 0.15) is 0 Å². The zero-order valence-corrected chi connectivity index (χ0v) is 13.6. The molecule has 0 bridgehead atoms. The van der Waals surface area contributed by atoms with E-state index >= 15 is 0 Å². The van der Waals surface area contributed by atoms with Gasteiger partial charge in [-0.15, -0.1) is 0 Å². The first-order valence-electron chi connectivity index (χ1n) is 7.20. The average molecular weight is 356 g/mol. The van der Waals surface area contributed by atoms with Crippen LogP contribution in [0.25, 0.3) is 22.6 Å². The number of aromatic nitrogens is 1. The first-order chi connectivity index (χ1) is 12.0. The highest BCUT2D eigenvalue weighted by Crippen LogP contribution is 2.36. The number of non-ortho nitro benzene ring substituents is 1. The minimum atomic E-state index is -0.971. The standard InChI is InChI=1S/C17H12N2O5S/c20-14(21)10-25-17-18-15(11-4-2-1-3-5-11)16(24-17)12-6-8-13(9-7-12)19(22)23/h1-9H,10H2,(H,20,21). The maximum atomic E-state index is 10.8. The Balaban J connectivity index is 2.03. The molecule has 0 spiro atoms. The highest BCUT2D eigenvalue weighted by atomic mass is 32.2. The van der Waals surface area contributed by atoms with Gasteiger partial charge in [0.05, 0.1) is 4.92 Å². The van der Waals surface area contributed by atoms with Gasteiger partial charge < -0.3 is 9.52 Å². The summed E-state index contributed by atoms with van der Waals surface area (Å²) in [6, 6.07) is 15.2. The summed E-state index contributed by atoms with van der Waals surface area (Å²) in [4.78, 5) is 25.5. The molecule has 3 aromatic rings. The van der Waals surface area contributed by atoms with E-state index in [0.717, 1.165) is 17.3 Å². The third kappa shape index (κ3) is 3.86. The fourth-order valence-electron chi connectivity index (χ4n) is 2.21. The normalized spacial score (nSPS) is 10.6. The van der Waals surface area contributed by atoms with Crippen LogP contribution >= 0.6 is 11.8 Å². The molecule has 0 aliphatic rings. The van der Waals surface area contributed by atoms with Crippen LogP contribution in [0.2, 0.25) is 0 Å². The number of thioether (sulfide) groups is 1. The smallest absolute Gasteiger partial charge is 0.314 e. The second-order valence-electron chi connectivity index (χ2n) is 5.01. The second kappa shape index (κ2) is 7.18. The SMILES string of the molecule is O=C(O)CSc1nc(-c2ccccc2)c(-c2ccc([N+](=O)[O-])cc2)o1. The number of carboxylic acid groups (broad SMARTS) is 1. The molecule has 0 aliphatic heterocycles. The van der Waals surface area contributed by atoms with Crippen molar-refractivity contribution in [2.24, 2.45) is 0 Å². The van der Waals surface area contributed by atoms with Gasteiger partial charge in [0.2, 0.25) is 0 Å². The number of oxazole rings is 1. The number of nitrogens with zero attached hydrogens (tertiary/aromatic N) is 2. The van der Waals surface area contributed by atoms with Gasteiger partial charge in [-0.2, -0.15) is 0 Å². The Hall–Kier alpha value is -3.13. The van der Waals surface area contributed by atoms with E-state index < -0.39 is 10.9 Å². The van der Waals surface area contributed by atoms with Gasteiger partial charge in [-0.05, 0) is 12.1 Å². The Labute approximate surface area is 146 Å². The van der Waals surface area contributed by atoms with Crippen LogP contribution < -0.4 is 0 Å². The molecule has 1 N–H and O–H groups in total. The quantitative estimate of drug-likeness (QED) is 0.402. The number of carboxylic acids is 1. The zero-order valence-electron chi connectivity index (χ0n) is 12.8. The van der Waals surface area contributed by atoms with Gasteiger partial charge in [0.15, 0.2) is 5.76 Å². The number of carbonyl (C=O) groups is 1. The van der Waals surface area contributed by atoms with Crippen molar-refractivity contribution in [2.45, 2.75) is 5.22 Å². The van der Waals surface area contributed by atoms with Crippen molar-refractivity contribution in [3.63, 3.8) is 0 Å². The van der Waals surface area contributed by atoms with E-state index in [1.54, 1.807) is 12.1 Å². The molecular weight excluding hydrogens is 344 g/mol. The molecule has 1 heterocycles. The van der Waals surface area contributed by atoms with Crippen LogP contribution in [0.3, 0.4) is 0 Å². The Kier molecular flexibility index (Phi) is 4.80. The Morgan fingerprint density at radius 1 is 1.12 bits per heavy atom. The lowest BCUT2D eigenvalue weighted by molar-refractivity contribution is -0.384. The molecule has 25 heavy (non-hydrogen) atoms. The summed E-state index contributed by atoms with van der Waals surface area (Å²) < 4.78 is 5.72. The fraction of sp³-hybridized carbons (Fsp3) is 0.0588. The molecule has 8 heteroatoms. The number of nitro benzene ring substituents is 1. The van der Waals surface area contributed by atoms with E-state index in [0.29, 0.717) is 17.0 Å². The predicted molar refractivity (Wildman–Crippen MR) is 92.4 cm³/mol. The van der Waals surface area contributed by atoms with Crippen molar-refractivity contribution < 1.29 is 19.2 Å². The van der Waals surface area contributed by atoms with E-state index in [-0.39, 0.29) is 16.7 Å². The molecular formula is C17H12N2O5S. The third-order valence-electron chi connectivity index (χ3n) is 3.31. The molecule has 3 rings (SSSR count). The Morgan fingerprint density at radius 2 is 1.80 bits per heavy atom. The second-order valence-corrected chi connectivity index (χ2v) is 5.94. The predicted octanol–water partition coefficient (Wildman–Crippen LogP) is 4.09. The molecule has 0 aliphatic carbocycles. The van der Waals surface area contributed by atoms with Crippen LogP contribution in [0.15, 0.2) is 64.2 Å². The monoisotopic (exact) mass is 356 g/mol. The van der Waals surface area contributed by atoms with Crippen molar-refractivity contribution in [3.8, 4) is 22.6 Å². The van der Waals surface area contributed by atoms with E-state index in [1.165, 1.54) is 12.1 Å². The van der Waals surface area contributed by atoms with Crippen LogP contribution in [0, 0.1) is 10.1 Å². The molecule has 0 fully saturated rings. The molecule has 0 amide bonds. The lowest BCUT2D eigenvalue weighted by Crippen LogP contribution is -1.97. The Morgan fingerprint density at radius 3 is 2.40 bits per heavy atom. The van der Waals surface area contributed by atoms with Crippen molar-refractivity contribution in [1.82, 2.24) is 4.98 Å². The number of hydrogen-bond donors (Lipinski definition) is 1. The van der Waals surface area contributed by atoms with Crippen molar-refractivity contribution in [1.29, 1.82) is 0 Å². The van der Waals surface area contributed by atoms with Crippen molar-refractivity contribution >= 4 is 23.4 Å². The summed E-state index contributed by atoms with van der Waals surface area (Å²) in [5, 5.41) is 19.8. The molecule has 0 unspecified atom stereocenters. The van der Waals surface area contributed by atoms with Crippen LogP contribution in [-0.2, 0) is 4.79 Å². The van der Waals surface area contributed by atoms with Gasteiger partial charge in [-0.1, -0.05) is 42.1 Å². The van der Waals surface area contributed by atoms with Crippen LogP contribution in [0.4, 0.5) is 5.69 Å². The first-order valence-corrected chi connectivity index (χ1v) is 8.19. The van der Waals surface area contributed by atoms with E-state index in [1.807, 2.05) is 30.3 Å². The number of nitro groups is 1. The number of rotatable bonds is 6. The van der Waals surface area contributed by atoms with E-state index in [2.05, 4.69) is 4.98 Å². The number of aliphatic carboxylic acids is 1. The summed E-state index contributed by atoms with van der Waals surface area (Å²) in [5.41, 5.74) is 1.97. The highest BCUT2D eigenvalue weighted by Gasteiger charge is 2.18. The first kappa shape index (κ1) is 16.7. The van der Waals surface area contributed by atoms with Crippen molar-refractivity contribution in [2.75, 3.05) is 5.75 Å². The third-order valence-corrected chi connectivity index (χ3v) is 4.13. The molecule has 0 radical (unpaired) electrons. The lowest BCUT2D eigenvalue weighted by Gasteiger charge is -2.01. The van der Waals surface area contributed by atoms with E-state index in [4.69, 9.17) is 9.52 Å². The summed E-state index contributed by atoms with van der Waals surface area (Å²) in [5.74, 6) is -0.704. The molecule has 0 atom stereocenters. The fourth-order valence-corrected chi connectivity index (χ4v) is 2.75. The summed E-state index contributed by atoms with van der Waals surface area (Å²) in [6.45, 7) is 0. The molecule has 0 saturated heterocycles. The average Bonchev–Trinajstić information content (AvgIpc) is 3.05. The number of benzene rings is 2. The summed E-state index contributed by atoms with van der Waals surface area (Å²) in [7, 11) is 0. The Bertz CT molecular complexity index is 907. The van der Waals surface area contributed by atoms with E-state index in [9.17, 15) is 14.9 Å². The number of hydrogen-bond acceptors (Lipinski definition) is 6. The minimum absolute atomic E-state index is 0.0231. The summed E-state index contributed by atoms with van der Waals surface area (Å²) in [6.07, 6.45) is 0. The molecule has 7 nitrogen and oxygen atoms in total. The van der Waals surface area contributed by atoms with Gasteiger partial charge in [0.1, 0.15) is 11.4 Å². The molecule has 1 aromatic heterocycles. The maximum Gasteiger partial charge on any atom is 0.314 e. The summed E-state index contributed by atoms with van der Waals surface area (Å²) >= 11 is 0.975.